The van der Waals surface area contributed by atoms with Crippen LogP contribution < -0.4 is 4.72 Å². The Morgan fingerprint density at radius 3 is 2.70 bits per heavy atom. The van der Waals surface area contributed by atoms with Gasteiger partial charge in [-0.1, -0.05) is 35.0 Å². The highest BCUT2D eigenvalue weighted by molar-refractivity contribution is 7.88. The normalized spacial score (nSPS) is 11.7. The minimum absolute atomic E-state index is 0.00981. The minimum Gasteiger partial charge on any atom is -0.361 e. The predicted molar refractivity (Wildman–Crippen MR) is 76.7 cm³/mol. The molecule has 2 rings (SSSR count). The van der Waals surface area contributed by atoms with Crippen LogP contribution in [0.3, 0.4) is 0 Å². The number of hydrogen-bond donors (Lipinski definition) is 1. The Morgan fingerprint density at radius 1 is 1.25 bits per heavy atom. The summed E-state index contributed by atoms with van der Waals surface area (Å²) in [6.45, 7) is 4.08. The average Bonchev–Trinajstić information content (AvgIpc) is 2.74. The SMILES string of the molecule is Cc1cccc(CS(=O)(=O)NCCc2cc(C)no2)c1. The second-order valence-electron chi connectivity index (χ2n) is 4.83. The van der Waals surface area contributed by atoms with Gasteiger partial charge >= 0.3 is 0 Å². The van der Waals surface area contributed by atoms with E-state index in [1.54, 1.807) is 6.07 Å². The molecule has 0 radical (unpaired) electrons. The van der Waals surface area contributed by atoms with E-state index >= 15 is 0 Å². The molecule has 0 amide bonds. The maximum Gasteiger partial charge on any atom is 0.215 e. The third-order valence-corrected chi connectivity index (χ3v) is 4.17. The number of rotatable bonds is 6. The molecule has 0 saturated carbocycles. The van der Waals surface area contributed by atoms with Gasteiger partial charge in [-0.2, -0.15) is 0 Å². The van der Waals surface area contributed by atoms with Crippen LogP contribution in [-0.2, 0) is 22.2 Å². The molecule has 0 saturated heterocycles. The summed E-state index contributed by atoms with van der Waals surface area (Å²) in [5.41, 5.74) is 2.63. The maximum atomic E-state index is 11.9. The van der Waals surface area contributed by atoms with Crippen LogP contribution in [0.2, 0.25) is 0 Å². The first-order chi connectivity index (χ1) is 9.44. The number of nitrogens with one attached hydrogen (secondary N) is 1. The fourth-order valence-corrected chi connectivity index (χ4v) is 3.07. The quantitative estimate of drug-likeness (QED) is 0.884. The highest BCUT2D eigenvalue weighted by Gasteiger charge is 2.11. The molecule has 108 valence electrons. The Hall–Kier alpha value is -1.66. The van der Waals surface area contributed by atoms with E-state index in [2.05, 4.69) is 9.88 Å². The number of hydrogen-bond acceptors (Lipinski definition) is 4. The maximum absolute atomic E-state index is 11.9. The summed E-state index contributed by atoms with van der Waals surface area (Å²) < 4.78 is 31.5. The van der Waals surface area contributed by atoms with Gasteiger partial charge in [0.15, 0.2) is 0 Å². The molecule has 0 unspecified atom stereocenters. The van der Waals surface area contributed by atoms with Crippen LogP contribution in [-0.4, -0.2) is 20.1 Å². The van der Waals surface area contributed by atoms with Crippen molar-refractivity contribution in [3.05, 3.63) is 52.9 Å². The third kappa shape index (κ3) is 4.47. The molecule has 0 aliphatic rings. The van der Waals surface area contributed by atoms with Crippen LogP contribution in [0.25, 0.3) is 0 Å². The summed E-state index contributed by atoms with van der Waals surface area (Å²) in [6, 6.07) is 9.28. The largest absolute Gasteiger partial charge is 0.361 e. The Kier molecular flexibility index (Phi) is 4.57. The standard InChI is InChI=1S/C14H18N2O3S/c1-11-4-3-5-13(8-11)10-20(17,18)15-7-6-14-9-12(2)16-19-14/h3-5,8-9,15H,6-7,10H2,1-2H3. The lowest BCUT2D eigenvalue weighted by Crippen LogP contribution is -2.27. The van der Waals surface area contributed by atoms with Gasteiger partial charge in [0.2, 0.25) is 10.0 Å². The van der Waals surface area contributed by atoms with Crippen molar-refractivity contribution in [2.45, 2.75) is 26.0 Å². The number of aryl methyl sites for hydroxylation is 2. The highest BCUT2D eigenvalue weighted by Crippen LogP contribution is 2.08. The molecule has 0 fully saturated rings. The van der Waals surface area contributed by atoms with E-state index in [9.17, 15) is 8.42 Å². The van der Waals surface area contributed by atoms with E-state index < -0.39 is 10.0 Å². The van der Waals surface area contributed by atoms with Gasteiger partial charge in [-0.15, -0.1) is 0 Å². The van der Waals surface area contributed by atoms with E-state index in [0.29, 0.717) is 18.7 Å². The fraction of sp³-hybridized carbons (Fsp3) is 0.357. The van der Waals surface area contributed by atoms with Gasteiger partial charge in [-0.25, -0.2) is 13.1 Å². The van der Waals surface area contributed by atoms with Gasteiger partial charge in [0.25, 0.3) is 0 Å². The zero-order valence-electron chi connectivity index (χ0n) is 11.6. The second-order valence-corrected chi connectivity index (χ2v) is 6.63. The fourth-order valence-electron chi connectivity index (χ4n) is 1.94. The van der Waals surface area contributed by atoms with Crippen LogP contribution >= 0.6 is 0 Å². The number of sulfonamides is 1. The molecule has 0 bridgehead atoms. The lowest BCUT2D eigenvalue weighted by Gasteiger charge is -2.06. The number of benzene rings is 1. The van der Waals surface area contributed by atoms with Crippen molar-refractivity contribution in [2.75, 3.05) is 6.54 Å². The zero-order chi connectivity index (χ0) is 14.6. The van der Waals surface area contributed by atoms with Gasteiger partial charge in [0.05, 0.1) is 11.4 Å². The van der Waals surface area contributed by atoms with Crippen molar-refractivity contribution in [2.24, 2.45) is 0 Å². The van der Waals surface area contributed by atoms with Gasteiger partial charge in [-0.3, -0.25) is 0 Å². The van der Waals surface area contributed by atoms with E-state index in [1.165, 1.54) is 0 Å². The lowest BCUT2D eigenvalue weighted by molar-refractivity contribution is 0.379. The zero-order valence-corrected chi connectivity index (χ0v) is 12.4. The van der Waals surface area contributed by atoms with Gasteiger partial charge in [-0.05, 0) is 19.4 Å². The van der Waals surface area contributed by atoms with Crippen molar-refractivity contribution in [3.63, 3.8) is 0 Å². The predicted octanol–water partition coefficient (Wildman–Crippen LogP) is 1.95. The Bertz CT molecular complexity index is 677. The average molecular weight is 294 g/mol. The van der Waals surface area contributed by atoms with Crippen molar-refractivity contribution >= 4 is 10.0 Å². The molecular weight excluding hydrogens is 276 g/mol. The summed E-state index contributed by atoms with van der Waals surface area (Å²) in [4.78, 5) is 0. The molecule has 2 aromatic rings. The summed E-state index contributed by atoms with van der Waals surface area (Å²) in [6.07, 6.45) is 0.494. The summed E-state index contributed by atoms with van der Waals surface area (Å²) >= 11 is 0. The smallest absolute Gasteiger partial charge is 0.215 e. The van der Waals surface area contributed by atoms with Crippen LogP contribution in [0.5, 0.6) is 0 Å². The molecule has 6 heteroatoms. The van der Waals surface area contributed by atoms with E-state index in [0.717, 1.165) is 16.8 Å². The Morgan fingerprint density at radius 2 is 2.05 bits per heavy atom. The Balaban J connectivity index is 1.88. The topological polar surface area (TPSA) is 72.2 Å². The first-order valence-corrected chi connectivity index (χ1v) is 8.05. The molecule has 1 N–H and O–H groups in total. The van der Waals surface area contributed by atoms with Gasteiger partial charge in [0, 0.05) is 19.0 Å². The minimum atomic E-state index is -3.33. The first-order valence-electron chi connectivity index (χ1n) is 6.40. The molecule has 1 aromatic carbocycles. The Labute approximate surface area is 119 Å². The van der Waals surface area contributed by atoms with E-state index in [1.807, 2.05) is 38.1 Å². The molecule has 20 heavy (non-hydrogen) atoms. The number of nitrogens with zero attached hydrogens (tertiary/aromatic N) is 1. The van der Waals surface area contributed by atoms with Crippen LogP contribution in [0.1, 0.15) is 22.6 Å². The van der Waals surface area contributed by atoms with Crippen LogP contribution in [0.4, 0.5) is 0 Å². The first kappa shape index (κ1) is 14.7. The van der Waals surface area contributed by atoms with E-state index in [-0.39, 0.29) is 5.75 Å². The monoisotopic (exact) mass is 294 g/mol. The van der Waals surface area contributed by atoms with Crippen molar-refractivity contribution < 1.29 is 12.9 Å². The van der Waals surface area contributed by atoms with Crippen molar-refractivity contribution in [1.29, 1.82) is 0 Å². The van der Waals surface area contributed by atoms with Crippen LogP contribution in [0.15, 0.2) is 34.9 Å². The molecule has 0 aliphatic carbocycles. The van der Waals surface area contributed by atoms with E-state index in [4.69, 9.17) is 4.52 Å². The third-order valence-electron chi connectivity index (χ3n) is 2.81. The highest BCUT2D eigenvalue weighted by atomic mass is 32.2. The summed E-state index contributed by atoms with van der Waals surface area (Å²) in [5.74, 6) is 0.671. The van der Waals surface area contributed by atoms with Crippen molar-refractivity contribution in [3.8, 4) is 0 Å². The lowest BCUT2D eigenvalue weighted by atomic mass is 10.2. The summed E-state index contributed by atoms with van der Waals surface area (Å²) in [5, 5.41) is 3.76. The molecule has 1 aromatic heterocycles. The number of aromatic nitrogens is 1. The molecule has 0 spiro atoms. The van der Waals surface area contributed by atoms with Gasteiger partial charge in [0.1, 0.15) is 5.76 Å². The second kappa shape index (κ2) is 6.19. The van der Waals surface area contributed by atoms with Gasteiger partial charge < -0.3 is 4.52 Å². The summed E-state index contributed by atoms with van der Waals surface area (Å²) in [7, 11) is -3.33. The van der Waals surface area contributed by atoms with Crippen molar-refractivity contribution in [1.82, 2.24) is 9.88 Å². The molecule has 1 heterocycles. The molecule has 5 nitrogen and oxygen atoms in total. The molecular formula is C14H18N2O3S. The van der Waals surface area contributed by atoms with Crippen LogP contribution in [0, 0.1) is 13.8 Å². The molecule has 0 aliphatic heterocycles. The molecule has 0 atom stereocenters.